The van der Waals surface area contributed by atoms with Crippen LogP contribution in [0, 0.1) is 0 Å². The Labute approximate surface area is 106 Å². The molecule has 4 N–H and O–H groups in total. The molecule has 0 radical (unpaired) electrons. The maximum absolute atomic E-state index is 9.08. The predicted octanol–water partition coefficient (Wildman–Crippen LogP) is 2.37. The van der Waals surface area contributed by atoms with Crippen LogP contribution in [0.25, 0.3) is 11.1 Å². The lowest BCUT2D eigenvalue weighted by Gasteiger charge is -2.27. The number of rotatable bonds is 5. The molecule has 1 aromatic carbocycles. The summed E-state index contributed by atoms with van der Waals surface area (Å²) in [5, 5.41) is 12.3. The maximum Gasteiger partial charge on any atom is 0.296 e. The Morgan fingerprint density at radius 3 is 2.94 bits per heavy atom. The molecule has 5 heteroatoms. The van der Waals surface area contributed by atoms with Gasteiger partial charge in [-0.3, -0.25) is 0 Å². The molecular weight excluding hydrogens is 230 g/mol. The van der Waals surface area contributed by atoms with Gasteiger partial charge in [0, 0.05) is 17.8 Å². The molecular formula is C13H19N3O2. The van der Waals surface area contributed by atoms with E-state index in [0.29, 0.717) is 23.7 Å². The second-order valence-corrected chi connectivity index (χ2v) is 4.76. The number of nitrogens with zero attached hydrogens (tertiary/aromatic N) is 1. The third-order valence-corrected chi connectivity index (χ3v) is 3.26. The molecule has 0 aliphatic carbocycles. The first-order chi connectivity index (χ1) is 8.56. The van der Waals surface area contributed by atoms with Gasteiger partial charge in [-0.2, -0.15) is 4.98 Å². The number of nitrogens with one attached hydrogen (secondary N) is 1. The van der Waals surface area contributed by atoms with Crippen LogP contribution in [0.3, 0.4) is 0 Å². The summed E-state index contributed by atoms with van der Waals surface area (Å²) in [6, 6.07) is 5.83. The van der Waals surface area contributed by atoms with Crippen molar-refractivity contribution in [1.29, 1.82) is 0 Å². The average molecular weight is 249 g/mol. The van der Waals surface area contributed by atoms with Crippen LogP contribution >= 0.6 is 0 Å². The fraction of sp³-hybridized carbons (Fsp3) is 0.462. The molecule has 0 fully saturated rings. The molecule has 1 heterocycles. The minimum absolute atomic E-state index is 0.129. The Balaban J connectivity index is 2.26. The van der Waals surface area contributed by atoms with E-state index in [1.165, 1.54) is 0 Å². The molecule has 0 bridgehead atoms. The molecule has 0 aliphatic rings. The molecule has 1 unspecified atom stereocenters. The summed E-state index contributed by atoms with van der Waals surface area (Å²) in [6.45, 7) is 4.22. The van der Waals surface area contributed by atoms with Gasteiger partial charge in [0.05, 0.1) is 0 Å². The summed E-state index contributed by atoms with van der Waals surface area (Å²) in [5.74, 6) is 0. The van der Waals surface area contributed by atoms with Crippen LogP contribution in [0.15, 0.2) is 22.6 Å². The number of aromatic nitrogens is 1. The standard InChI is InChI=1S/C13H19N3O2/c1-3-13(2,6-7-17)16-12-15-10-8-9(14)4-5-11(10)18-12/h4-5,8,17H,3,6-7,14H2,1-2H3,(H,15,16). The molecule has 0 spiro atoms. The quantitative estimate of drug-likeness (QED) is 0.708. The lowest BCUT2D eigenvalue weighted by Crippen LogP contribution is -2.35. The number of nitrogens with two attached hydrogens (primary N) is 1. The van der Waals surface area contributed by atoms with Gasteiger partial charge in [-0.05, 0) is 38.0 Å². The molecule has 2 rings (SSSR count). The zero-order valence-electron chi connectivity index (χ0n) is 10.7. The van der Waals surface area contributed by atoms with Crippen LogP contribution < -0.4 is 11.1 Å². The van der Waals surface area contributed by atoms with Crippen molar-refractivity contribution >= 4 is 22.8 Å². The van der Waals surface area contributed by atoms with Crippen molar-refractivity contribution in [3.05, 3.63) is 18.2 Å². The lowest BCUT2D eigenvalue weighted by atomic mass is 9.95. The zero-order valence-corrected chi connectivity index (χ0v) is 10.7. The smallest absolute Gasteiger partial charge is 0.296 e. The Kier molecular flexibility index (Phi) is 3.43. The topological polar surface area (TPSA) is 84.3 Å². The first-order valence-corrected chi connectivity index (χ1v) is 6.11. The first kappa shape index (κ1) is 12.7. The largest absolute Gasteiger partial charge is 0.424 e. The van der Waals surface area contributed by atoms with Gasteiger partial charge in [-0.25, -0.2) is 0 Å². The summed E-state index contributed by atoms with van der Waals surface area (Å²) in [4.78, 5) is 4.35. The minimum atomic E-state index is -0.221. The monoisotopic (exact) mass is 249 g/mol. The van der Waals surface area contributed by atoms with E-state index in [2.05, 4.69) is 17.2 Å². The molecule has 98 valence electrons. The van der Waals surface area contributed by atoms with Crippen molar-refractivity contribution in [1.82, 2.24) is 4.98 Å². The highest BCUT2D eigenvalue weighted by Gasteiger charge is 2.23. The highest BCUT2D eigenvalue weighted by Crippen LogP contribution is 2.25. The normalized spacial score (nSPS) is 14.6. The average Bonchev–Trinajstić information content (AvgIpc) is 2.70. The number of fused-ring (bicyclic) bond motifs is 1. The van der Waals surface area contributed by atoms with Crippen molar-refractivity contribution in [3.8, 4) is 0 Å². The molecule has 18 heavy (non-hydrogen) atoms. The van der Waals surface area contributed by atoms with Crippen LogP contribution in [0.2, 0.25) is 0 Å². The van der Waals surface area contributed by atoms with Crippen LogP contribution in [-0.2, 0) is 0 Å². The Bertz CT molecular complexity index is 538. The van der Waals surface area contributed by atoms with Crippen molar-refractivity contribution in [2.45, 2.75) is 32.2 Å². The van der Waals surface area contributed by atoms with E-state index in [1.807, 2.05) is 6.92 Å². The van der Waals surface area contributed by atoms with Gasteiger partial charge in [0.25, 0.3) is 6.01 Å². The number of hydrogen-bond acceptors (Lipinski definition) is 5. The van der Waals surface area contributed by atoms with E-state index >= 15 is 0 Å². The van der Waals surface area contributed by atoms with Crippen molar-refractivity contribution in [2.24, 2.45) is 0 Å². The number of hydrogen-bond donors (Lipinski definition) is 3. The van der Waals surface area contributed by atoms with Gasteiger partial charge in [0.1, 0.15) is 5.52 Å². The number of aliphatic hydroxyl groups is 1. The summed E-state index contributed by atoms with van der Waals surface area (Å²) < 4.78 is 5.61. The summed E-state index contributed by atoms with van der Waals surface area (Å²) in [5.41, 5.74) is 7.58. The van der Waals surface area contributed by atoms with Gasteiger partial charge in [-0.1, -0.05) is 6.92 Å². The molecule has 0 saturated carbocycles. The molecule has 0 amide bonds. The van der Waals surface area contributed by atoms with E-state index in [9.17, 15) is 0 Å². The number of aliphatic hydroxyl groups excluding tert-OH is 1. The second kappa shape index (κ2) is 4.86. The SMILES string of the molecule is CCC(C)(CCO)Nc1nc2cc(N)ccc2o1. The maximum atomic E-state index is 9.08. The summed E-state index contributed by atoms with van der Waals surface area (Å²) in [7, 11) is 0. The van der Waals surface area contributed by atoms with Crippen LogP contribution in [0.4, 0.5) is 11.7 Å². The third kappa shape index (κ3) is 2.56. The highest BCUT2D eigenvalue weighted by molar-refractivity contribution is 5.78. The predicted molar refractivity (Wildman–Crippen MR) is 72.4 cm³/mol. The molecule has 1 aromatic heterocycles. The van der Waals surface area contributed by atoms with Gasteiger partial charge < -0.3 is 20.6 Å². The van der Waals surface area contributed by atoms with E-state index in [1.54, 1.807) is 18.2 Å². The third-order valence-electron chi connectivity index (χ3n) is 3.26. The van der Waals surface area contributed by atoms with Gasteiger partial charge in [0.2, 0.25) is 0 Å². The minimum Gasteiger partial charge on any atom is -0.424 e. The van der Waals surface area contributed by atoms with Gasteiger partial charge >= 0.3 is 0 Å². The van der Waals surface area contributed by atoms with Gasteiger partial charge in [-0.15, -0.1) is 0 Å². The molecule has 0 aliphatic heterocycles. The molecule has 1 atom stereocenters. The van der Waals surface area contributed by atoms with E-state index in [-0.39, 0.29) is 12.1 Å². The summed E-state index contributed by atoms with van der Waals surface area (Å²) >= 11 is 0. The van der Waals surface area contributed by atoms with E-state index in [4.69, 9.17) is 15.3 Å². The highest BCUT2D eigenvalue weighted by atomic mass is 16.4. The molecule has 5 nitrogen and oxygen atoms in total. The zero-order chi connectivity index (χ0) is 13.2. The van der Waals surface area contributed by atoms with Crippen LogP contribution in [-0.4, -0.2) is 22.2 Å². The lowest BCUT2D eigenvalue weighted by molar-refractivity contribution is 0.250. The molecule has 2 aromatic rings. The number of nitrogen functional groups attached to an aromatic ring is 1. The van der Waals surface area contributed by atoms with Crippen molar-refractivity contribution in [2.75, 3.05) is 17.7 Å². The van der Waals surface area contributed by atoms with Crippen LogP contribution in [0.5, 0.6) is 0 Å². The first-order valence-electron chi connectivity index (χ1n) is 6.11. The Morgan fingerprint density at radius 2 is 2.28 bits per heavy atom. The number of oxazole rings is 1. The number of benzene rings is 1. The number of anilines is 2. The van der Waals surface area contributed by atoms with E-state index < -0.39 is 0 Å². The van der Waals surface area contributed by atoms with Gasteiger partial charge in [0.15, 0.2) is 5.58 Å². The fourth-order valence-electron chi connectivity index (χ4n) is 1.83. The second-order valence-electron chi connectivity index (χ2n) is 4.76. The van der Waals surface area contributed by atoms with Crippen LogP contribution in [0.1, 0.15) is 26.7 Å². The summed E-state index contributed by atoms with van der Waals surface area (Å²) in [6.07, 6.45) is 1.51. The Morgan fingerprint density at radius 1 is 1.50 bits per heavy atom. The fourth-order valence-corrected chi connectivity index (χ4v) is 1.83. The van der Waals surface area contributed by atoms with E-state index in [0.717, 1.165) is 11.9 Å². The van der Waals surface area contributed by atoms with Crippen molar-refractivity contribution in [3.63, 3.8) is 0 Å². The Hall–Kier alpha value is -1.75. The van der Waals surface area contributed by atoms with Crippen molar-refractivity contribution < 1.29 is 9.52 Å². The molecule has 0 saturated heterocycles.